The summed E-state index contributed by atoms with van der Waals surface area (Å²) in [7, 11) is 0. The van der Waals surface area contributed by atoms with Crippen LogP contribution in [0, 0.1) is 17.0 Å². The van der Waals surface area contributed by atoms with Gasteiger partial charge in [0.1, 0.15) is 0 Å². The molecular weight excluding hydrogens is 242 g/mol. The molecule has 1 aromatic heterocycles. The van der Waals surface area contributed by atoms with Crippen molar-refractivity contribution in [1.82, 2.24) is 9.78 Å². The first-order valence-electron chi connectivity index (χ1n) is 5.89. The summed E-state index contributed by atoms with van der Waals surface area (Å²) in [4.78, 5) is 10.5. The van der Waals surface area contributed by atoms with Crippen LogP contribution in [0.3, 0.4) is 0 Å². The van der Waals surface area contributed by atoms with E-state index in [-0.39, 0.29) is 10.6 Å². The number of aromatic nitrogens is 2. The summed E-state index contributed by atoms with van der Waals surface area (Å²) in [5.41, 5.74) is 3.64. The van der Waals surface area contributed by atoms with Gasteiger partial charge >= 0.3 is 0 Å². The van der Waals surface area contributed by atoms with Gasteiger partial charge in [0.25, 0.3) is 5.69 Å². The Balaban J connectivity index is 2.38. The molecule has 0 N–H and O–H groups in total. The molecule has 0 spiro atoms. The second-order valence-electron chi connectivity index (χ2n) is 4.70. The van der Waals surface area contributed by atoms with Gasteiger partial charge in [0.05, 0.1) is 17.7 Å². The number of nitro groups is 1. The van der Waals surface area contributed by atoms with Crippen LogP contribution in [0.5, 0.6) is 0 Å². The molecule has 5 nitrogen and oxygen atoms in total. The van der Waals surface area contributed by atoms with Gasteiger partial charge in [-0.1, -0.05) is 18.2 Å². The molecule has 0 fully saturated rings. The van der Waals surface area contributed by atoms with Gasteiger partial charge in [-0.05, 0) is 25.0 Å². The molecule has 19 heavy (non-hydrogen) atoms. The molecule has 0 saturated carbocycles. The zero-order chi connectivity index (χ0) is 14.0. The van der Waals surface area contributed by atoms with Gasteiger partial charge in [-0.25, -0.2) is 0 Å². The molecule has 0 atom stereocenters. The van der Waals surface area contributed by atoms with E-state index < -0.39 is 0 Å². The first kappa shape index (κ1) is 13.0. The maximum atomic E-state index is 10.9. The number of nitrogens with zero attached hydrogens (tertiary/aromatic N) is 3. The van der Waals surface area contributed by atoms with E-state index in [4.69, 9.17) is 0 Å². The standard InChI is InChI=1S/C14H15N3O2/c1-10(2)8-16-9-13(7-15-16)12-4-11(3)5-14(6-12)17(18)19/h4-7,9H,1,8H2,2-3H3. The zero-order valence-electron chi connectivity index (χ0n) is 11.0. The number of nitro benzene ring substituents is 1. The maximum Gasteiger partial charge on any atom is 0.270 e. The molecule has 2 rings (SSSR count). The Morgan fingerprint density at radius 3 is 2.79 bits per heavy atom. The van der Waals surface area contributed by atoms with Gasteiger partial charge in [0.2, 0.25) is 0 Å². The van der Waals surface area contributed by atoms with E-state index in [9.17, 15) is 10.1 Å². The molecule has 0 amide bonds. The van der Waals surface area contributed by atoms with E-state index in [0.29, 0.717) is 6.54 Å². The highest BCUT2D eigenvalue weighted by Gasteiger charge is 2.10. The Kier molecular flexibility index (Phi) is 3.46. The molecule has 0 unspecified atom stereocenters. The fraction of sp³-hybridized carbons (Fsp3) is 0.214. The van der Waals surface area contributed by atoms with E-state index in [2.05, 4.69) is 11.7 Å². The first-order valence-corrected chi connectivity index (χ1v) is 5.89. The van der Waals surface area contributed by atoms with Crippen molar-refractivity contribution < 1.29 is 4.92 Å². The highest BCUT2D eigenvalue weighted by Crippen LogP contribution is 2.25. The lowest BCUT2D eigenvalue weighted by Gasteiger charge is -2.01. The van der Waals surface area contributed by atoms with Gasteiger partial charge in [0, 0.05) is 23.9 Å². The highest BCUT2D eigenvalue weighted by atomic mass is 16.6. The zero-order valence-corrected chi connectivity index (χ0v) is 11.0. The summed E-state index contributed by atoms with van der Waals surface area (Å²) in [6.45, 7) is 8.25. The van der Waals surface area contributed by atoms with Crippen molar-refractivity contribution in [2.45, 2.75) is 20.4 Å². The van der Waals surface area contributed by atoms with Crippen molar-refractivity contribution in [2.75, 3.05) is 0 Å². The molecule has 5 heteroatoms. The van der Waals surface area contributed by atoms with E-state index in [1.54, 1.807) is 23.0 Å². The summed E-state index contributed by atoms with van der Waals surface area (Å²) >= 11 is 0. The molecular formula is C14H15N3O2. The minimum atomic E-state index is -0.380. The molecule has 0 aliphatic carbocycles. The van der Waals surface area contributed by atoms with Gasteiger partial charge in [-0.15, -0.1) is 0 Å². The molecule has 0 aliphatic rings. The normalized spacial score (nSPS) is 10.4. The molecule has 1 aromatic carbocycles. The first-order chi connectivity index (χ1) is 8.95. The largest absolute Gasteiger partial charge is 0.270 e. The minimum absolute atomic E-state index is 0.0997. The van der Waals surface area contributed by atoms with Crippen molar-refractivity contribution in [3.8, 4) is 11.1 Å². The summed E-state index contributed by atoms with van der Waals surface area (Å²) in [6, 6.07) is 5.03. The minimum Gasteiger partial charge on any atom is -0.268 e. The summed E-state index contributed by atoms with van der Waals surface area (Å²) in [6.07, 6.45) is 3.58. The number of hydrogen-bond acceptors (Lipinski definition) is 3. The van der Waals surface area contributed by atoms with Crippen LogP contribution in [0.25, 0.3) is 11.1 Å². The number of aryl methyl sites for hydroxylation is 1. The third-order valence-corrected chi connectivity index (χ3v) is 2.67. The number of benzene rings is 1. The fourth-order valence-corrected chi connectivity index (χ4v) is 1.91. The van der Waals surface area contributed by atoms with Gasteiger partial charge < -0.3 is 0 Å². The van der Waals surface area contributed by atoms with Crippen LogP contribution in [0.2, 0.25) is 0 Å². The van der Waals surface area contributed by atoms with Crippen LogP contribution in [-0.4, -0.2) is 14.7 Å². The van der Waals surface area contributed by atoms with E-state index in [1.807, 2.05) is 26.1 Å². The number of non-ortho nitro benzene ring substituents is 1. The van der Waals surface area contributed by atoms with Crippen molar-refractivity contribution in [1.29, 1.82) is 0 Å². The topological polar surface area (TPSA) is 61.0 Å². The molecule has 0 bridgehead atoms. The predicted molar refractivity (Wildman–Crippen MR) is 73.9 cm³/mol. The van der Waals surface area contributed by atoms with E-state index >= 15 is 0 Å². The molecule has 98 valence electrons. The van der Waals surface area contributed by atoms with Crippen molar-refractivity contribution >= 4 is 5.69 Å². The summed E-state index contributed by atoms with van der Waals surface area (Å²) < 4.78 is 1.77. The van der Waals surface area contributed by atoms with Crippen LogP contribution in [0.1, 0.15) is 12.5 Å². The van der Waals surface area contributed by atoms with Gasteiger partial charge in [-0.2, -0.15) is 5.10 Å². The van der Waals surface area contributed by atoms with E-state index in [1.165, 1.54) is 0 Å². The second kappa shape index (κ2) is 5.06. The lowest BCUT2D eigenvalue weighted by atomic mass is 10.1. The average molecular weight is 257 g/mol. The molecule has 1 heterocycles. The maximum absolute atomic E-state index is 10.9. The summed E-state index contributed by atoms with van der Waals surface area (Å²) in [5, 5.41) is 15.1. The third-order valence-electron chi connectivity index (χ3n) is 2.67. The SMILES string of the molecule is C=C(C)Cn1cc(-c2cc(C)cc([N+](=O)[O-])c2)cn1. The van der Waals surface area contributed by atoms with Gasteiger partial charge in [0.15, 0.2) is 0 Å². The number of rotatable bonds is 4. The van der Waals surface area contributed by atoms with Crippen molar-refractivity contribution in [3.63, 3.8) is 0 Å². The molecule has 0 aliphatic heterocycles. The average Bonchev–Trinajstić information content (AvgIpc) is 2.75. The van der Waals surface area contributed by atoms with Crippen LogP contribution in [-0.2, 0) is 6.54 Å². The molecule has 2 aromatic rings. The fourth-order valence-electron chi connectivity index (χ4n) is 1.91. The quantitative estimate of drug-likeness (QED) is 0.479. The Labute approximate surface area is 111 Å². The van der Waals surface area contributed by atoms with E-state index in [0.717, 1.165) is 22.3 Å². The lowest BCUT2D eigenvalue weighted by molar-refractivity contribution is -0.384. The van der Waals surface area contributed by atoms with Gasteiger partial charge in [-0.3, -0.25) is 14.8 Å². The lowest BCUT2D eigenvalue weighted by Crippen LogP contribution is -1.97. The Hall–Kier alpha value is -2.43. The third kappa shape index (κ3) is 3.07. The predicted octanol–water partition coefficient (Wildman–Crippen LogP) is 3.34. The Morgan fingerprint density at radius 1 is 1.42 bits per heavy atom. The Morgan fingerprint density at radius 2 is 2.16 bits per heavy atom. The number of hydrogen-bond donors (Lipinski definition) is 0. The number of allylic oxidation sites excluding steroid dienone is 1. The van der Waals surface area contributed by atoms with Crippen LogP contribution in [0.4, 0.5) is 5.69 Å². The Bertz CT molecular complexity index is 644. The molecule has 0 radical (unpaired) electrons. The van der Waals surface area contributed by atoms with Crippen LogP contribution in [0.15, 0.2) is 42.7 Å². The van der Waals surface area contributed by atoms with Crippen molar-refractivity contribution in [3.05, 3.63) is 58.4 Å². The van der Waals surface area contributed by atoms with Crippen LogP contribution < -0.4 is 0 Å². The second-order valence-corrected chi connectivity index (χ2v) is 4.70. The monoisotopic (exact) mass is 257 g/mol. The molecule has 0 saturated heterocycles. The highest BCUT2D eigenvalue weighted by molar-refractivity contribution is 5.66. The summed E-state index contributed by atoms with van der Waals surface area (Å²) in [5.74, 6) is 0. The van der Waals surface area contributed by atoms with Crippen molar-refractivity contribution in [2.24, 2.45) is 0 Å². The van der Waals surface area contributed by atoms with Crippen LogP contribution >= 0.6 is 0 Å². The smallest absolute Gasteiger partial charge is 0.268 e.